The summed E-state index contributed by atoms with van der Waals surface area (Å²) in [6.45, 7) is 3.04. The predicted molar refractivity (Wildman–Crippen MR) is 95.3 cm³/mol. The van der Waals surface area contributed by atoms with Crippen LogP contribution in [0.2, 0.25) is 0 Å². The molecule has 1 amide bonds. The fraction of sp³-hybridized carbons (Fsp3) is 0.389. The molecule has 1 saturated heterocycles. The Hall–Kier alpha value is -1.59. The number of nitrogens with one attached hydrogen (secondary N) is 1. The highest BCUT2D eigenvalue weighted by Crippen LogP contribution is 2.16. The highest BCUT2D eigenvalue weighted by molar-refractivity contribution is 9.10. The Balaban J connectivity index is 1.49. The van der Waals surface area contributed by atoms with Crippen LogP contribution < -0.4 is 5.32 Å². The number of carbonyl (C=O) groups excluding carboxylic acids is 1. The fourth-order valence-corrected chi connectivity index (χ4v) is 3.61. The highest BCUT2D eigenvalue weighted by Gasteiger charge is 2.22. The van der Waals surface area contributed by atoms with Gasteiger partial charge >= 0.3 is 0 Å². The largest absolute Gasteiger partial charge is 0.348 e. The Morgan fingerprint density at radius 3 is 2.57 bits per heavy atom. The molecule has 2 aromatic rings. The van der Waals surface area contributed by atoms with Gasteiger partial charge in [0.15, 0.2) is 0 Å². The maximum absolute atomic E-state index is 12.4. The van der Waals surface area contributed by atoms with Crippen LogP contribution in [0.1, 0.15) is 28.9 Å². The molecule has 1 aromatic heterocycles. The predicted octanol–water partition coefficient (Wildman–Crippen LogP) is 3.18. The Morgan fingerprint density at radius 1 is 1.26 bits per heavy atom. The third-order valence-corrected chi connectivity index (χ3v) is 4.81. The maximum atomic E-state index is 12.4. The molecule has 4 nitrogen and oxygen atoms in total. The molecule has 1 fully saturated rings. The zero-order valence-electron chi connectivity index (χ0n) is 13.3. The quantitative estimate of drug-likeness (QED) is 0.890. The van der Waals surface area contributed by atoms with Gasteiger partial charge in [0.25, 0.3) is 5.91 Å². The van der Waals surface area contributed by atoms with Crippen molar-refractivity contribution in [3.8, 4) is 0 Å². The molecule has 1 aliphatic heterocycles. The number of hydrogen-bond donors (Lipinski definition) is 1. The van der Waals surface area contributed by atoms with Crippen LogP contribution in [0.3, 0.4) is 0 Å². The van der Waals surface area contributed by atoms with E-state index >= 15 is 0 Å². The first-order valence-electron chi connectivity index (χ1n) is 8.01. The molecule has 2 heterocycles. The van der Waals surface area contributed by atoms with Gasteiger partial charge < -0.3 is 9.88 Å². The second-order valence-corrected chi connectivity index (χ2v) is 7.08. The monoisotopic (exact) mass is 375 g/mol. The number of hydrogen-bond acceptors (Lipinski definition) is 2. The maximum Gasteiger partial charge on any atom is 0.268 e. The highest BCUT2D eigenvalue weighted by atomic mass is 79.9. The summed E-state index contributed by atoms with van der Waals surface area (Å²) in [7, 11) is 1.89. The van der Waals surface area contributed by atoms with E-state index in [0.717, 1.165) is 36.9 Å². The first kappa shape index (κ1) is 16.3. The topological polar surface area (TPSA) is 37.3 Å². The van der Waals surface area contributed by atoms with Gasteiger partial charge in [-0.25, -0.2) is 0 Å². The van der Waals surface area contributed by atoms with E-state index in [1.807, 2.05) is 29.9 Å². The number of rotatable bonds is 4. The average Bonchev–Trinajstić information content (AvgIpc) is 2.89. The molecule has 0 spiro atoms. The van der Waals surface area contributed by atoms with Crippen molar-refractivity contribution in [2.24, 2.45) is 7.05 Å². The van der Waals surface area contributed by atoms with Crippen LogP contribution in [0.25, 0.3) is 0 Å². The molecule has 122 valence electrons. The number of halogens is 1. The molecule has 23 heavy (non-hydrogen) atoms. The average molecular weight is 376 g/mol. The number of aryl methyl sites for hydroxylation is 1. The molecule has 0 atom stereocenters. The van der Waals surface area contributed by atoms with Crippen molar-refractivity contribution in [1.29, 1.82) is 0 Å². The molecule has 5 heteroatoms. The first-order valence-corrected chi connectivity index (χ1v) is 8.80. The third kappa shape index (κ3) is 4.24. The molecular weight excluding hydrogens is 354 g/mol. The van der Waals surface area contributed by atoms with Gasteiger partial charge in [-0.05, 0) is 40.4 Å². The summed E-state index contributed by atoms with van der Waals surface area (Å²) >= 11 is 3.41. The Kier molecular flexibility index (Phi) is 5.18. The van der Waals surface area contributed by atoms with Crippen LogP contribution >= 0.6 is 15.9 Å². The van der Waals surface area contributed by atoms with Crippen LogP contribution in [0, 0.1) is 0 Å². The number of carbonyl (C=O) groups is 1. The molecule has 3 rings (SSSR count). The summed E-state index contributed by atoms with van der Waals surface area (Å²) in [4.78, 5) is 14.8. The van der Waals surface area contributed by atoms with E-state index in [4.69, 9.17) is 0 Å². The molecule has 0 radical (unpaired) electrons. The van der Waals surface area contributed by atoms with Gasteiger partial charge in [0.05, 0.1) is 0 Å². The Labute approximate surface area is 145 Å². The van der Waals surface area contributed by atoms with Gasteiger partial charge in [-0.1, -0.05) is 30.3 Å². The zero-order chi connectivity index (χ0) is 16.2. The van der Waals surface area contributed by atoms with Crippen molar-refractivity contribution >= 4 is 21.8 Å². The molecule has 0 aliphatic carbocycles. The van der Waals surface area contributed by atoms with Crippen LogP contribution in [0.4, 0.5) is 0 Å². The van der Waals surface area contributed by atoms with Crippen LogP contribution in [0.15, 0.2) is 47.1 Å². The summed E-state index contributed by atoms with van der Waals surface area (Å²) in [6.07, 6.45) is 3.91. The number of amides is 1. The Morgan fingerprint density at radius 2 is 1.96 bits per heavy atom. The second-order valence-electron chi connectivity index (χ2n) is 6.16. The van der Waals surface area contributed by atoms with E-state index in [2.05, 4.69) is 50.4 Å². The third-order valence-electron chi connectivity index (χ3n) is 4.38. The SMILES string of the molecule is Cn1cc(Br)cc1C(=O)NC1CCN(Cc2ccccc2)CC1. The van der Waals surface area contributed by atoms with E-state index in [-0.39, 0.29) is 11.9 Å². The van der Waals surface area contributed by atoms with Crippen molar-refractivity contribution in [3.63, 3.8) is 0 Å². The fourth-order valence-electron chi connectivity index (χ4n) is 3.09. The Bertz CT molecular complexity index is 660. The lowest BCUT2D eigenvalue weighted by atomic mass is 10.0. The van der Waals surface area contributed by atoms with Gasteiger partial charge in [0.1, 0.15) is 5.69 Å². The van der Waals surface area contributed by atoms with Crippen molar-refractivity contribution in [2.45, 2.75) is 25.4 Å². The standard InChI is InChI=1S/C18H22BrN3O/c1-21-13-15(19)11-17(21)18(23)20-16-7-9-22(10-8-16)12-14-5-3-2-4-6-14/h2-6,11,13,16H,7-10,12H2,1H3,(H,20,23). The zero-order valence-corrected chi connectivity index (χ0v) is 14.9. The second kappa shape index (κ2) is 7.32. The molecule has 1 aromatic carbocycles. The van der Waals surface area contributed by atoms with Crippen molar-refractivity contribution in [1.82, 2.24) is 14.8 Å². The lowest BCUT2D eigenvalue weighted by molar-refractivity contribution is 0.0900. The minimum absolute atomic E-state index is 0.0136. The number of likely N-dealkylation sites (tertiary alicyclic amines) is 1. The summed E-state index contributed by atoms with van der Waals surface area (Å²) in [5.74, 6) is 0.0136. The summed E-state index contributed by atoms with van der Waals surface area (Å²) < 4.78 is 2.78. The van der Waals surface area contributed by atoms with Crippen molar-refractivity contribution in [3.05, 3.63) is 58.3 Å². The van der Waals surface area contributed by atoms with Crippen LogP contribution in [-0.2, 0) is 13.6 Å². The van der Waals surface area contributed by atoms with E-state index in [1.165, 1.54) is 5.56 Å². The molecule has 0 unspecified atom stereocenters. The van der Waals surface area contributed by atoms with Crippen LogP contribution in [0.5, 0.6) is 0 Å². The minimum atomic E-state index is 0.0136. The first-order chi connectivity index (χ1) is 11.1. The molecular formula is C18H22BrN3O. The smallest absolute Gasteiger partial charge is 0.268 e. The molecule has 1 N–H and O–H groups in total. The lowest BCUT2D eigenvalue weighted by Crippen LogP contribution is -2.44. The lowest BCUT2D eigenvalue weighted by Gasteiger charge is -2.32. The van der Waals surface area contributed by atoms with Crippen molar-refractivity contribution in [2.75, 3.05) is 13.1 Å². The van der Waals surface area contributed by atoms with E-state index in [1.54, 1.807) is 0 Å². The van der Waals surface area contributed by atoms with E-state index in [9.17, 15) is 4.79 Å². The summed E-state index contributed by atoms with van der Waals surface area (Å²) in [5.41, 5.74) is 2.05. The number of nitrogens with zero attached hydrogens (tertiary/aromatic N) is 2. The minimum Gasteiger partial charge on any atom is -0.348 e. The van der Waals surface area contributed by atoms with Gasteiger partial charge in [0, 0.05) is 43.4 Å². The van der Waals surface area contributed by atoms with Gasteiger partial charge in [-0.15, -0.1) is 0 Å². The van der Waals surface area contributed by atoms with Crippen molar-refractivity contribution < 1.29 is 4.79 Å². The van der Waals surface area contributed by atoms with Gasteiger partial charge in [0.2, 0.25) is 0 Å². The number of aromatic nitrogens is 1. The molecule has 0 bridgehead atoms. The molecule has 0 saturated carbocycles. The van der Waals surface area contributed by atoms with Gasteiger partial charge in [-0.2, -0.15) is 0 Å². The summed E-state index contributed by atoms with van der Waals surface area (Å²) in [6, 6.07) is 12.7. The normalized spacial score (nSPS) is 16.4. The van der Waals surface area contributed by atoms with Crippen LogP contribution in [-0.4, -0.2) is 34.5 Å². The van der Waals surface area contributed by atoms with E-state index < -0.39 is 0 Å². The van der Waals surface area contributed by atoms with E-state index in [0.29, 0.717) is 5.69 Å². The molecule has 1 aliphatic rings. The van der Waals surface area contributed by atoms with Gasteiger partial charge in [-0.3, -0.25) is 9.69 Å². The number of piperidine rings is 1. The summed E-state index contributed by atoms with van der Waals surface area (Å²) in [5, 5.41) is 3.17. The number of benzene rings is 1.